The van der Waals surface area contributed by atoms with Gasteiger partial charge >= 0.3 is 5.97 Å². The molecule has 3 heterocycles. The average Bonchev–Trinajstić information content (AvgIpc) is 3.32. The van der Waals surface area contributed by atoms with E-state index >= 15 is 0 Å². The van der Waals surface area contributed by atoms with E-state index < -0.39 is 5.97 Å². The third-order valence-electron chi connectivity index (χ3n) is 4.04. The summed E-state index contributed by atoms with van der Waals surface area (Å²) >= 11 is 1.79. The summed E-state index contributed by atoms with van der Waals surface area (Å²) in [4.78, 5) is 21.5. The van der Waals surface area contributed by atoms with Crippen molar-refractivity contribution in [3.63, 3.8) is 0 Å². The molecule has 0 aromatic carbocycles. The summed E-state index contributed by atoms with van der Waals surface area (Å²) in [7, 11) is 0. The number of nitrogens with one attached hydrogen (secondary N) is 1. The number of anilines is 1. The van der Waals surface area contributed by atoms with E-state index in [0.29, 0.717) is 24.2 Å². The van der Waals surface area contributed by atoms with Crippen molar-refractivity contribution in [3.05, 3.63) is 40.2 Å². The van der Waals surface area contributed by atoms with Gasteiger partial charge in [0.1, 0.15) is 6.42 Å². The molecule has 9 heteroatoms. The van der Waals surface area contributed by atoms with Crippen molar-refractivity contribution in [1.82, 2.24) is 20.2 Å². The predicted molar refractivity (Wildman–Crippen MR) is 94.8 cm³/mol. The van der Waals surface area contributed by atoms with Gasteiger partial charge in [-0.15, -0.1) is 21.5 Å². The topological polar surface area (TPSA) is 103 Å². The molecule has 1 atom stereocenters. The second kappa shape index (κ2) is 7.20. The Morgan fingerprint density at radius 3 is 2.96 bits per heavy atom. The van der Waals surface area contributed by atoms with Crippen molar-refractivity contribution in [2.75, 3.05) is 11.9 Å². The minimum Gasteiger partial charge on any atom is -0.466 e. The standard InChI is InChI=1S/C17H17N5O3S/c1-2-24-15(23)7-14-21-22-16(25-14)11-8-18-17(19-9-11)20-12-5-10-3-4-26-13(10)6-12/h3-4,8-9,12H,2,5-7H2,1H3,(H,18,19,20). The quantitative estimate of drug-likeness (QED) is 0.658. The van der Waals surface area contributed by atoms with Crippen molar-refractivity contribution in [3.8, 4) is 11.5 Å². The first-order chi connectivity index (χ1) is 12.7. The second-order valence-corrected chi connectivity index (χ2v) is 6.90. The van der Waals surface area contributed by atoms with Gasteiger partial charge in [0.2, 0.25) is 11.8 Å². The average molecular weight is 371 g/mol. The molecule has 1 N–H and O–H groups in total. The molecule has 0 radical (unpaired) electrons. The lowest BCUT2D eigenvalue weighted by molar-refractivity contribution is -0.142. The van der Waals surface area contributed by atoms with E-state index in [9.17, 15) is 4.79 Å². The van der Waals surface area contributed by atoms with Crippen molar-refractivity contribution < 1.29 is 13.9 Å². The molecule has 0 spiro atoms. The van der Waals surface area contributed by atoms with Crippen LogP contribution >= 0.6 is 11.3 Å². The summed E-state index contributed by atoms with van der Waals surface area (Å²) in [6, 6.07) is 2.50. The fraction of sp³-hybridized carbons (Fsp3) is 0.353. The maximum atomic E-state index is 11.4. The Labute approximate surface area is 153 Å². The Morgan fingerprint density at radius 2 is 2.19 bits per heavy atom. The molecule has 1 unspecified atom stereocenters. The number of nitrogens with zero attached hydrogens (tertiary/aromatic N) is 4. The van der Waals surface area contributed by atoms with Gasteiger partial charge in [-0.05, 0) is 30.4 Å². The van der Waals surface area contributed by atoms with Gasteiger partial charge in [-0.25, -0.2) is 9.97 Å². The van der Waals surface area contributed by atoms with Gasteiger partial charge in [-0.3, -0.25) is 4.79 Å². The zero-order valence-corrected chi connectivity index (χ0v) is 15.0. The molecule has 0 saturated heterocycles. The van der Waals surface area contributed by atoms with Crippen LogP contribution in [0.3, 0.4) is 0 Å². The predicted octanol–water partition coefficient (Wildman–Crippen LogP) is 2.27. The molecule has 134 valence electrons. The lowest BCUT2D eigenvalue weighted by atomic mass is 10.2. The molecule has 4 rings (SSSR count). The molecule has 3 aromatic heterocycles. The number of hydrogen-bond acceptors (Lipinski definition) is 9. The highest BCUT2D eigenvalue weighted by atomic mass is 32.1. The number of carbonyl (C=O) groups is 1. The summed E-state index contributed by atoms with van der Waals surface area (Å²) in [5.41, 5.74) is 2.01. The fourth-order valence-corrected chi connectivity index (χ4v) is 3.86. The van der Waals surface area contributed by atoms with Crippen molar-refractivity contribution in [2.24, 2.45) is 0 Å². The van der Waals surface area contributed by atoms with E-state index in [1.807, 2.05) is 0 Å². The van der Waals surface area contributed by atoms with E-state index in [2.05, 4.69) is 36.9 Å². The first kappa shape index (κ1) is 16.6. The van der Waals surface area contributed by atoms with E-state index in [1.54, 1.807) is 30.7 Å². The van der Waals surface area contributed by atoms with Gasteiger partial charge < -0.3 is 14.5 Å². The summed E-state index contributed by atoms with van der Waals surface area (Å²) in [5, 5.41) is 13.3. The number of carbonyl (C=O) groups excluding carboxylic acids is 1. The highest BCUT2D eigenvalue weighted by molar-refractivity contribution is 7.10. The van der Waals surface area contributed by atoms with E-state index in [1.165, 1.54) is 10.4 Å². The number of esters is 1. The smallest absolute Gasteiger partial charge is 0.315 e. The molecule has 1 aliphatic carbocycles. The van der Waals surface area contributed by atoms with Crippen LogP contribution in [0, 0.1) is 0 Å². The molecular formula is C17H17N5O3S. The van der Waals surface area contributed by atoms with E-state index in [0.717, 1.165) is 12.8 Å². The van der Waals surface area contributed by atoms with E-state index in [4.69, 9.17) is 9.15 Å². The van der Waals surface area contributed by atoms with Crippen LogP contribution in [-0.2, 0) is 28.8 Å². The Kier molecular flexibility index (Phi) is 4.61. The van der Waals surface area contributed by atoms with Gasteiger partial charge in [0, 0.05) is 29.7 Å². The van der Waals surface area contributed by atoms with Crippen LogP contribution in [0.2, 0.25) is 0 Å². The third-order valence-corrected chi connectivity index (χ3v) is 5.02. The largest absolute Gasteiger partial charge is 0.466 e. The number of thiophene rings is 1. The van der Waals surface area contributed by atoms with Crippen molar-refractivity contribution in [1.29, 1.82) is 0 Å². The Morgan fingerprint density at radius 1 is 1.35 bits per heavy atom. The van der Waals surface area contributed by atoms with Crippen LogP contribution in [0.4, 0.5) is 5.95 Å². The Bertz CT molecular complexity index is 885. The summed E-state index contributed by atoms with van der Waals surface area (Å²) in [6.45, 7) is 2.06. The molecule has 8 nitrogen and oxygen atoms in total. The van der Waals surface area contributed by atoms with Crippen LogP contribution in [0.1, 0.15) is 23.3 Å². The number of hydrogen-bond donors (Lipinski definition) is 1. The molecule has 0 bridgehead atoms. The monoisotopic (exact) mass is 371 g/mol. The zero-order chi connectivity index (χ0) is 17.9. The lowest BCUT2D eigenvalue weighted by Gasteiger charge is -2.11. The van der Waals surface area contributed by atoms with Gasteiger partial charge in [0.05, 0.1) is 12.2 Å². The second-order valence-electron chi connectivity index (χ2n) is 5.90. The summed E-state index contributed by atoms with van der Waals surface area (Å²) in [5.74, 6) is 0.653. The van der Waals surface area contributed by atoms with E-state index in [-0.39, 0.29) is 18.2 Å². The fourth-order valence-electron chi connectivity index (χ4n) is 2.86. The van der Waals surface area contributed by atoms with Crippen LogP contribution in [0.15, 0.2) is 28.3 Å². The minimum absolute atomic E-state index is 0.0485. The van der Waals surface area contributed by atoms with Crippen molar-refractivity contribution >= 4 is 23.3 Å². The highest BCUT2D eigenvalue weighted by Gasteiger charge is 2.23. The number of fused-ring (bicyclic) bond motifs is 1. The molecule has 0 saturated carbocycles. The normalized spacial score (nSPS) is 15.7. The number of ether oxygens (including phenoxy) is 1. The molecule has 0 aliphatic heterocycles. The number of aromatic nitrogens is 4. The zero-order valence-electron chi connectivity index (χ0n) is 14.1. The Balaban J connectivity index is 1.38. The van der Waals surface area contributed by atoms with Crippen molar-refractivity contribution in [2.45, 2.75) is 32.2 Å². The first-order valence-electron chi connectivity index (χ1n) is 8.33. The highest BCUT2D eigenvalue weighted by Crippen LogP contribution is 2.28. The lowest BCUT2D eigenvalue weighted by Crippen LogP contribution is -2.21. The van der Waals surface area contributed by atoms with Gasteiger partial charge in [-0.1, -0.05) is 0 Å². The van der Waals surface area contributed by atoms with Gasteiger partial charge in [-0.2, -0.15) is 0 Å². The van der Waals surface area contributed by atoms with Crippen LogP contribution in [0.25, 0.3) is 11.5 Å². The summed E-state index contributed by atoms with van der Waals surface area (Å²) in [6.07, 6.45) is 5.19. The van der Waals surface area contributed by atoms with Crippen LogP contribution in [0.5, 0.6) is 0 Å². The molecule has 0 fully saturated rings. The molecule has 26 heavy (non-hydrogen) atoms. The van der Waals surface area contributed by atoms with Crippen LogP contribution < -0.4 is 5.32 Å². The molecular weight excluding hydrogens is 354 g/mol. The van der Waals surface area contributed by atoms with Crippen LogP contribution in [-0.4, -0.2) is 38.8 Å². The Hall–Kier alpha value is -2.81. The van der Waals surface area contributed by atoms with Gasteiger partial charge in [0.15, 0.2) is 0 Å². The number of rotatable bonds is 6. The maximum Gasteiger partial charge on any atom is 0.315 e. The van der Waals surface area contributed by atoms with Gasteiger partial charge in [0.25, 0.3) is 5.89 Å². The molecule has 3 aromatic rings. The minimum atomic E-state index is -0.399. The third kappa shape index (κ3) is 3.57. The SMILES string of the molecule is CCOC(=O)Cc1nnc(-c2cnc(NC3Cc4ccsc4C3)nc2)o1. The molecule has 0 amide bonds. The molecule has 1 aliphatic rings. The first-order valence-corrected chi connectivity index (χ1v) is 9.21. The maximum absolute atomic E-state index is 11.4. The summed E-state index contributed by atoms with van der Waals surface area (Å²) < 4.78 is 10.3.